The third kappa shape index (κ3) is 3.23. The van der Waals surface area contributed by atoms with E-state index in [2.05, 4.69) is 25.4 Å². The molecule has 0 atom stereocenters. The molecule has 0 saturated heterocycles. The molecular weight excluding hydrogens is 302 g/mol. The number of carbonyl (C=O) groups excluding carboxylic acids is 2. The van der Waals surface area contributed by atoms with Crippen molar-refractivity contribution in [2.75, 3.05) is 7.11 Å². The Morgan fingerprint density at radius 3 is 2.59 bits per heavy atom. The van der Waals surface area contributed by atoms with Gasteiger partial charge in [0, 0.05) is 4.47 Å². The monoisotopic (exact) mass is 308 g/mol. The predicted octanol–water partition coefficient (Wildman–Crippen LogP) is 2.65. The molecule has 0 saturated carbocycles. The highest BCUT2D eigenvalue weighted by molar-refractivity contribution is 9.10. The van der Waals surface area contributed by atoms with Crippen molar-refractivity contribution in [2.24, 2.45) is 0 Å². The molecule has 0 aromatic heterocycles. The summed E-state index contributed by atoms with van der Waals surface area (Å²) in [4.78, 5) is 22.1. The number of methoxy groups -OCH3 is 1. The van der Waals surface area contributed by atoms with E-state index in [4.69, 9.17) is 0 Å². The van der Waals surface area contributed by atoms with Gasteiger partial charge in [-0.1, -0.05) is 15.9 Å². The van der Waals surface area contributed by atoms with Crippen molar-refractivity contribution < 1.29 is 27.8 Å². The average Bonchev–Trinajstić information content (AvgIpc) is 2.29. The smallest absolute Gasteiger partial charge is 0.387 e. The minimum atomic E-state index is -3.14. The summed E-state index contributed by atoms with van der Waals surface area (Å²) >= 11 is 3.04. The van der Waals surface area contributed by atoms with Gasteiger partial charge in [0.2, 0.25) is 0 Å². The van der Waals surface area contributed by atoms with Crippen LogP contribution in [0.3, 0.4) is 0 Å². The molecule has 1 aromatic rings. The van der Waals surface area contributed by atoms with Crippen molar-refractivity contribution >= 4 is 28.2 Å². The van der Waals surface area contributed by atoms with Gasteiger partial charge in [0.1, 0.15) is 5.56 Å². The highest BCUT2D eigenvalue weighted by Crippen LogP contribution is 2.29. The van der Waals surface area contributed by atoms with E-state index in [0.717, 1.165) is 7.11 Å². The van der Waals surface area contributed by atoms with Crippen LogP contribution in [0.1, 0.15) is 20.7 Å². The quantitative estimate of drug-likeness (QED) is 0.634. The first-order chi connectivity index (χ1) is 7.99. The summed E-state index contributed by atoms with van der Waals surface area (Å²) in [6.07, 6.45) is 0.314. The molecule has 0 unspecified atom stereocenters. The van der Waals surface area contributed by atoms with Gasteiger partial charge in [-0.15, -0.1) is 0 Å². The minimum absolute atomic E-state index is 0.167. The second-order valence-corrected chi connectivity index (χ2v) is 3.78. The van der Waals surface area contributed by atoms with Gasteiger partial charge in [-0.3, -0.25) is 4.79 Å². The van der Waals surface area contributed by atoms with Crippen LogP contribution in [0.15, 0.2) is 16.6 Å². The maximum atomic E-state index is 12.2. The molecular formula is C10H7BrF2O4. The van der Waals surface area contributed by atoms with Crippen molar-refractivity contribution in [3.63, 3.8) is 0 Å². The first kappa shape index (κ1) is 13.6. The standard InChI is InChI=1S/C10H7BrF2O4/c1-16-9(15)7-3-6(11)2-5(4-14)8(7)17-10(12)13/h2-4,10H,1H3. The van der Waals surface area contributed by atoms with Gasteiger partial charge >= 0.3 is 12.6 Å². The van der Waals surface area contributed by atoms with Crippen LogP contribution >= 0.6 is 15.9 Å². The second kappa shape index (κ2) is 5.72. The fourth-order valence-electron chi connectivity index (χ4n) is 1.18. The summed E-state index contributed by atoms with van der Waals surface area (Å²) in [5, 5.41) is 0. The molecule has 4 nitrogen and oxygen atoms in total. The Labute approximate surface area is 104 Å². The lowest BCUT2D eigenvalue weighted by Gasteiger charge is -2.11. The van der Waals surface area contributed by atoms with E-state index in [1.807, 2.05) is 0 Å². The van der Waals surface area contributed by atoms with E-state index >= 15 is 0 Å². The molecule has 17 heavy (non-hydrogen) atoms. The predicted molar refractivity (Wildman–Crippen MR) is 57.5 cm³/mol. The number of rotatable bonds is 4. The summed E-state index contributed by atoms with van der Waals surface area (Å²) < 4.78 is 33.3. The molecule has 0 spiro atoms. The van der Waals surface area contributed by atoms with Crippen LogP contribution in [-0.2, 0) is 4.74 Å². The summed E-state index contributed by atoms with van der Waals surface area (Å²) in [5.41, 5.74) is -0.413. The van der Waals surface area contributed by atoms with Crippen LogP contribution in [0.2, 0.25) is 0 Å². The Morgan fingerprint density at radius 2 is 2.12 bits per heavy atom. The molecule has 0 bridgehead atoms. The first-order valence-electron chi connectivity index (χ1n) is 4.31. The largest absolute Gasteiger partial charge is 0.465 e. The van der Waals surface area contributed by atoms with Crippen molar-refractivity contribution in [3.8, 4) is 5.75 Å². The number of hydrogen-bond donors (Lipinski definition) is 0. The molecule has 92 valence electrons. The van der Waals surface area contributed by atoms with Crippen LogP contribution in [0, 0.1) is 0 Å². The van der Waals surface area contributed by atoms with E-state index < -0.39 is 18.3 Å². The third-order valence-corrected chi connectivity index (χ3v) is 2.28. The normalized spacial score (nSPS) is 10.2. The summed E-state index contributed by atoms with van der Waals surface area (Å²) in [6.45, 7) is -3.14. The number of halogens is 3. The Morgan fingerprint density at radius 1 is 1.47 bits per heavy atom. The average molecular weight is 309 g/mol. The zero-order valence-corrected chi connectivity index (χ0v) is 10.2. The lowest BCUT2D eigenvalue weighted by Crippen LogP contribution is -2.11. The molecule has 0 aliphatic rings. The van der Waals surface area contributed by atoms with Gasteiger partial charge in [0.25, 0.3) is 0 Å². The SMILES string of the molecule is COC(=O)c1cc(Br)cc(C=O)c1OC(F)F. The number of alkyl halides is 2. The Balaban J connectivity index is 3.38. The van der Waals surface area contributed by atoms with E-state index in [1.54, 1.807) is 0 Å². The zero-order chi connectivity index (χ0) is 13.0. The number of ether oxygens (including phenoxy) is 2. The molecule has 0 heterocycles. The number of carbonyl (C=O) groups is 2. The van der Waals surface area contributed by atoms with Crippen molar-refractivity contribution in [1.82, 2.24) is 0 Å². The minimum Gasteiger partial charge on any atom is -0.465 e. The summed E-state index contributed by atoms with van der Waals surface area (Å²) in [6, 6.07) is 2.49. The third-order valence-electron chi connectivity index (χ3n) is 1.82. The van der Waals surface area contributed by atoms with Gasteiger partial charge in [-0.05, 0) is 12.1 Å². The number of hydrogen-bond acceptors (Lipinski definition) is 4. The van der Waals surface area contributed by atoms with Crippen LogP contribution in [0.5, 0.6) is 5.75 Å². The zero-order valence-electron chi connectivity index (χ0n) is 8.58. The number of aldehydes is 1. The van der Waals surface area contributed by atoms with E-state index in [9.17, 15) is 18.4 Å². The van der Waals surface area contributed by atoms with Gasteiger partial charge in [-0.25, -0.2) is 4.79 Å². The molecule has 0 fully saturated rings. The van der Waals surface area contributed by atoms with Crippen molar-refractivity contribution in [2.45, 2.75) is 6.61 Å². The maximum Gasteiger partial charge on any atom is 0.387 e. The van der Waals surface area contributed by atoms with Crippen LogP contribution in [0.25, 0.3) is 0 Å². The van der Waals surface area contributed by atoms with Gasteiger partial charge < -0.3 is 9.47 Å². The molecule has 0 N–H and O–H groups in total. The number of benzene rings is 1. The molecule has 1 aromatic carbocycles. The van der Waals surface area contributed by atoms with E-state index in [1.165, 1.54) is 12.1 Å². The molecule has 7 heteroatoms. The van der Waals surface area contributed by atoms with Crippen LogP contribution in [0.4, 0.5) is 8.78 Å². The molecule has 0 amide bonds. The van der Waals surface area contributed by atoms with E-state index in [-0.39, 0.29) is 11.1 Å². The molecule has 0 aliphatic heterocycles. The maximum absolute atomic E-state index is 12.2. The van der Waals surface area contributed by atoms with Crippen LogP contribution < -0.4 is 4.74 Å². The summed E-state index contributed by atoms with van der Waals surface area (Å²) in [5.74, 6) is -1.37. The Kier molecular flexibility index (Phi) is 4.56. The van der Waals surface area contributed by atoms with Crippen molar-refractivity contribution in [3.05, 3.63) is 27.7 Å². The lowest BCUT2D eigenvalue weighted by molar-refractivity contribution is -0.0506. The Bertz CT molecular complexity index is 448. The molecule has 0 aliphatic carbocycles. The number of esters is 1. The van der Waals surface area contributed by atoms with Gasteiger partial charge in [0.05, 0.1) is 12.7 Å². The summed E-state index contributed by atoms with van der Waals surface area (Å²) in [7, 11) is 1.09. The Hall–Kier alpha value is -1.50. The fraction of sp³-hybridized carbons (Fsp3) is 0.200. The fourth-order valence-corrected chi connectivity index (χ4v) is 1.66. The highest BCUT2D eigenvalue weighted by Gasteiger charge is 2.21. The van der Waals surface area contributed by atoms with Gasteiger partial charge in [0.15, 0.2) is 12.0 Å². The van der Waals surface area contributed by atoms with Crippen molar-refractivity contribution in [1.29, 1.82) is 0 Å². The lowest BCUT2D eigenvalue weighted by atomic mass is 10.1. The first-order valence-corrected chi connectivity index (χ1v) is 5.10. The topological polar surface area (TPSA) is 52.6 Å². The van der Waals surface area contributed by atoms with Gasteiger partial charge in [-0.2, -0.15) is 8.78 Å². The highest BCUT2D eigenvalue weighted by atomic mass is 79.9. The second-order valence-electron chi connectivity index (χ2n) is 2.86. The van der Waals surface area contributed by atoms with E-state index in [0.29, 0.717) is 10.8 Å². The molecule has 1 rings (SSSR count). The van der Waals surface area contributed by atoms with Crippen LogP contribution in [-0.4, -0.2) is 26.0 Å². The molecule has 0 radical (unpaired) electrons.